The molecular formula is C11H19NO6. The number of methoxy groups -OCH3 is 2. The molecule has 0 aromatic rings. The third-order valence-electron chi connectivity index (χ3n) is 2.30. The SMILES string of the molecule is CCOC(=O)C(C)N(CC(=O)OC)CC(=O)OC. The minimum absolute atomic E-state index is 0.189. The fourth-order valence-electron chi connectivity index (χ4n) is 1.20. The molecule has 0 saturated heterocycles. The van der Waals surface area contributed by atoms with E-state index in [0.717, 1.165) is 0 Å². The molecule has 0 aliphatic heterocycles. The number of carbonyl (C=O) groups excluding carboxylic acids is 3. The van der Waals surface area contributed by atoms with Crippen molar-refractivity contribution in [2.24, 2.45) is 0 Å². The van der Waals surface area contributed by atoms with Gasteiger partial charge in [0.05, 0.1) is 33.9 Å². The van der Waals surface area contributed by atoms with Gasteiger partial charge in [-0.05, 0) is 13.8 Å². The van der Waals surface area contributed by atoms with Crippen LogP contribution in [0.3, 0.4) is 0 Å². The van der Waals surface area contributed by atoms with Gasteiger partial charge < -0.3 is 14.2 Å². The fourth-order valence-corrected chi connectivity index (χ4v) is 1.20. The Kier molecular flexibility index (Phi) is 7.69. The maximum atomic E-state index is 11.6. The predicted molar refractivity (Wildman–Crippen MR) is 61.7 cm³/mol. The van der Waals surface area contributed by atoms with E-state index < -0.39 is 23.9 Å². The number of nitrogens with zero attached hydrogens (tertiary/aromatic N) is 1. The van der Waals surface area contributed by atoms with E-state index in [4.69, 9.17) is 4.74 Å². The lowest BCUT2D eigenvalue weighted by Gasteiger charge is -2.24. The molecule has 0 aromatic carbocycles. The number of hydrogen-bond donors (Lipinski definition) is 0. The van der Waals surface area contributed by atoms with Crippen molar-refractivity contribution in [1.29, 1.82) is 0 Å². The highest BCUT2D eigenvalue weighted by Crippen LogP contribution is 2.03. The summed E-state index contributed by atoms with van der Waals surface area (Å²) in [5, 5.41) is 0. The van der Waals surface area contributed by atoms with Crippen LogP contribution in [0, 0.1) is 0 Å². The minimum atomic E-state index is -0.733. The van der Waals surface area contributed by atoms with Crippen molar-refractivity contribution >= 4 is 17.9 Å². The zero-order valence-corrected chi connectivity index (χ0v) is 11.1. The summed E-state index contributed by atoms with van der Waals surface area (Å²) >= 11 is 0. The molecule has 0 rings (SSSR count). The monoisotopic (exact) mass is 261 g/mol. The Balaban J connectivity index is 4.67. The van der Waals surface area contributed by atoms with Crippen LogP contribution in [0.15, 0.2) is 0 Å². The maximum Gasteiger partial charge on any atom is 0.323 e. The molecular weight excluding hydrogens is 242 g/mol. The summed E-state index contributed by atoms with van der Waals surface area (Å²) in [6.45, 7) is 3.07. The molecule has 18 heavy (non-hydrogen) atoms. The number of hydrogen-bond acceptors (Lipinski definition) is 7. The van der Waals surface area contributed by atoms with Gasteiger partial charge in [-0.1, -0.05) is 0 Å². The molecule has 0 fully saturated rings. The Morgan fingerprint density at radius 2 is 1.50 bits per heavy atom. The lowest BCUT2D eigenvalue weighted by molar-refractivity contribution is -0.154. The van der Waals surface area contributed by atoms with Gasteiger partial charge in [0.2, 0.25) is 0 Å². The minimum Gasteiger partial charge on any atom is -0.468 e. The summed E-state index contributed by atoms with van der Waals surface area (Å²) in [7, 11) is 2.46. The van der Waals surface area contributed by atoms with Crippen molar-refractivity contribution in [3.63, 3.8) is 0 Å². The van der Waals surface area contributed by atoms with Gasteiger partial charge in [0.25, 0.3) is 0 Å². The highest BCUT2D eigenvalue weighted by Gasteiger charge is 2.26. The normalized spacial score (nSPS) is 11.8. The van der Waals surface area contributed by atoms with Gasteiger partial charge in [-0.3, -0.25) is 19.3 Å². The molecule has 104 valence electrons. The number of esters is 3. The Morgan fingerprint density at radius 3 is 1.83 bits per heavy atom. The lowest BCUT2D eigenvalue weighted by Crippen LogP contribution is -2.46. The fraction of sp³-hybridized carbons (Fsp3) is 0.727. The molecule has 1 atom stereocenters. The number of rotatable bonds is 7. The standard InChI is InChI=1S/C11H19NO6/c1-5-18-11(15)8(2)12(6-9(13)16-3)7-10(14)17-4/h8H,5-7H2,1-4H3. The highest BCUT2D eigenvalue weighted by atomic mass is 16.5. The van der Waals surface area contributed by atoms with E-state index in [0.29, 0.717) is 0 Å². The van der Waals surface area contributed by atoms with Crippen LogP contribution in [0.2, 0.25) is 0 Å². The molecule has 0 aromatic heterocycles. The van der Waals surface area contributed by atoms with Crippen LogP contribution in [0.4, 0.5) is 0 Å². The zero-order chi connectivity index (χ0) is 14.1. The van der Waals surface area contributed by atoms with E-state index in [1.807, 2.05) is 0 Å². The van der Waals surface area contributed by atoms with E-state index in [9.17, 15) is 14.4 Å². The van der Waals surface area contributed by atoms with Crippen LogP contribution in [0.25, 0.3) is 0 Å². The summed E-state index contributed by atoms with van der Waals surface area (Å²) < 4.78 is 13.8. The van der Waals surface area contributed by atoms with Crippen LogP contribution in [0.1, 0.15) is 13.8 Å². The van der Waals surface area contributed by atoms with Crippen molar-refractivity contribution < 1.29 is 28.6 Å². The Labute approximate surface area is 106 Å². The van der Waals surface area contributed by atoms with Crippen molar-refractivity contribution in [2.75, 3.05) is 33.9 Å². The second-order valence-electron chi connectivity index (χ2n) is 3.49. The summed E-state index contributed by atoms with van der Waals surface area (Å²) in [5.41, 5.74) is 0. The van der Waals surface area contributed by atoms with Crippen molar-refractivity contribution in [1.82, 2.24) is 4.90 Å². The molecule has 0 aliphatic carbocycles. The average molecular weight is 261 g/mol. The molecule has 0 N–H and O–H groups in total. The van der Waals surface area contributed by atoms with Gasteiger partial charge in [0.1, 0.15) is 6.04 Å². The first-order valence-electron chi connectivity index (χ1n) is 5.50. The van der Waals surface area contributed by atoms with Crippen molar-refractivity contribution in [2.45, 2.75) is 19.9 Å². The first kappa shape index (κ1) is 16.4. The smallest absolute Gasteiger partial charge is 0.323 e. The molecule has 0 radical (unpaired) electrons. The first-order chi connectivity index (χ1) is 8.46. The predicted octanol–water partition coefficient (Wildman–Crippen LogP) is -0.414. The Morgan fingerprint density at radius 1 is 1.06 bits per heavy atom. The van der Waals surface area contributed by atoms with Crippen LogP contribution >= 0.6 is 0 Å². The summed E-state index contributed by atoms with van der Waals surface area (Å²) in [5.74, 6) is -1.60. The maximum absolute atomic E-state index is 11.6. The lowest BCUT2D eigenvalue weighted by atomic mass is 10.2. The first-order valence-corrected chi connectivity index (χ1v) is 5.50. The Bertz CT molecular complexity index is 286. The molecule has 0 saturated carbocycles. The third-order valence-corrected chi connectivity index (χ3v) is 2.30. The van der Waals surface area contributed by atoms with Crippen molar-refractivity contribution in [3.8, 4) is 0 Å². The van der Waals surface area contributed by atoms with Gasteiger partial charge >= 0.3 is 17.9 Å². The van der Waals surface area contributed by atoms with Crippen molar-refractivity contribution in [3.05, 3.63) is 0 Å². The molecule has 0 amide bonds. The van der Waals surface area contributed by atoms with E-state index >= 15 is 0 Å². The van der Waals surface area contributed by atoms with E-state index in [-0.39, 0.29) is 19.7 Å². The summed E-state index contributed by atoms with van der Waals surface area (Å²) in [6.07, 6.45) is 0. The van der Waals surface area contributed by atoms with Gasteiger partial charge in [-0.25, -0.2) is 0 Å². The second kappa shape index (κ2) is 8.46. The van der Waals surface area contributed by atoms with Crippen LogP contribution in [-0.4, -0.2) is 62.8 Å². The average Bonchev–Trinajstić information content (AvgIpc) is 2.36. The topological polar surface area (TPSA) is 82.1 Å². The molecule has 1 unspecified atom stereocenters. The number of ether oxygens (including phenoxy) is 3. The summed E-state index contributed by atoms with van der Waals surface area (Å²) in [4.78, 5) is 35.3. The molecule has 0 heterocycles. The molecule has 7 nitrogen and oxygen atoms in total. The second-order valence-corrected chi connectivity index (χ2v) is 3.49. The van der Waals surface area contributed by atoms with E-state index in [1.54, 1.807) is 13.8 Å². The third kappa shape index (κ3) is 5.62. The summed E-state index contributed by atoms with van der Waals surface area (Å²) in [6, 6.07) is -0.733. The van der Waals surface area contributed by atoms with Crippen LogP contribution in [0.5, 0.6) is 0 Å². The molecule has 0 bridgehead atoms. The van der Waals surface area contributed by atoms with Gasteiger partial charge in [0, 0.05) is 0 Å². The van der Waals surface area contributed by atoms with Gasteiger partial charge in [-0.2, -0.15) is 0 Å². The zero-order valence-electron chi connectivity index (χ0n) is 11.1. The van der Waals surface area contributed by atoms with Crippen LogP contribution in [-0.2, 0) is 28.6 Å². The largest absolute Gasteiger partial charge is 0.468 e. The van der Waals surface area contributed by atoms with Gasteiger partial charge in [-0.15, -0.1) is 0 Å². The molecule has 0 aliphatic rings. The van der Waals surface area contributed by atoms with E-state index in [1.165, 1.54) is 19.1 Å². The Hall–Kier alpha value is -1.63. The molecule has 0 spiro atoms. The van der Waals surface area contributed by atoms with Gasteiger partial charge in [0.15, 0.2) is 0 Å². The van der Waals surface area contributed by atoms with Crippen LogP contribution < -0.4 is 0 Å². The molecule has 7 heteroatoms. The van der Waals surface area contributed by atoms with E-state index in [2.05, 4.69) is 9.47 Å². The highest BCUT2D eigenvalue weighted by molar-refractivity contribution is 5.79. The quantitative estimate of drug-likeness (QED) is 0.455. The number of carbonyl (C=O) groups is 3.